The highest BCUT2D eigenvalue weighted by molar-refractivity contribution is 7.80. The number of esters is 4. The third-order valence-electron chi connectivity index (χ3n) is 3.45. The summed E-state index contributed by atoms with van der Waals surface area (Å²) in [6.07, 6.45) is 0.162. The van der Waals surface area contributed by atoms with Crippen LogP contribution in [-0.4, -0.2) is 74.1 Å². The van der Waals surface area contributed by atoms with Crippen LogP contribution in [0.3, 0.4) is 0 Å². The van der Waals surface area contributed by atoms with E-state index in [0.717, 1.165) is 0 Å². The van der Waals surface area contributed by atoms with Crippen molar-refractivity contribution in [2.24, 2.45) is 11.1 Å². The monoisotopic (exact) mass is 471 g/mol. The van der Waals surface area contributed by atoms with E-state index in [1.165, 1.54) is 0 Å². The lowest BCUT2D eigenvalue weighted by atomic mass is 9.92. The van der Waals surface area contributed by atoms with Gasteiger partial charge in [-0.2, -0.15) is 37.9 Å². The van der Waals surface area contributed by atoms with E-state index in [0.29, 0.717) is 0 Å². The minimum atomic E-state index is -1.27. The summed E-state index contributed by atoms with van der Waals surface area (Å²) in [4.78, 5) is 47.1. The Morgan fingerprint density at radius 3 is 1.10 bits per heavy atom. The molecular weight excluding hydrogens is 442 g/mol. The third kappa shape index (κ3) is 13.7. The summed E-state index contributed by atoms with van der Waals surface area (Å²) in [7, 11) is 0. The molecule has 0 radical (unpaired) electrons. The van der Waals surface area contributed by atoms with Crippen LogP contribution in [0.1, 0.15) is 25.7 Å². The largest absolute Gasteiger partial charge is 0.465 e. The predicted molar refractivity (Wildman–Crippen MR) is 115 cm³/mol. The van der Waals surface area contributed by atoms with Crippen molar-refractivity contribution in [2.75, 3.05) is 50.2 Å². The second-order valence-corrected chi connectivity index (χ2v) is 7.44. The van der Waals surface area contributed by atoms with Gasteiger partial charge < -0.3 is 24.7 Å². The molecule has 0 heterocycles. The number of hydrogen-bond donors (Lipinski definition) is 4. The molecule has 0 aromatic carbocycles. The second-order valence-electron chi connectivity index (χ2n) is 6.10. The summed E-state index contributed by atoms with van der Waals surface area (Å²) < 4.78 is 20.8. The summed E-state index contributed by atoms with van der Waals surface area (Å²) in [6.45, 7) is -1.09. The molecule has 0 aliphatic carbocycles. The molecule has 0 aromatic rings. The van der Waals surface area contributed by atoms with Crippen molar-refractivity contribution in [3.63, 3.8) is 0 Å². The van der Waals surface area contributed by atoms with Crippen LogP contribution in [-0.2, 0) is 38.1 Å². The van der Waals surface area contributed by atoms with Gasteiger partial charge in [0.1, 0.15) is 31.8 Å². The van der Waals surface area contributed by atoms with Crippen molar-refractivity contribution in [1.29, 1.82) is 0 Å². The molecule has 0 fully saturated rings. The molecule has 0 atom stereocenters. The molecule has 0 unspecified atom stereocenters. The SMILES string of the molecule is NCCC(=O)OCC(COC(=O)CCS)(COC(=O)CCS)COC(=O)CCS. The van der Waals surface area contributed by atoms with Gasteiger partial charge >= 0.3 is 23.9 Å². The first kappa shape index (κ1) is 27.9. The Bertz CT molecular complexity index is 439. The minimum Gasteiger partial charge on any atom is -0.465 e. The predicted octanol–water partition coefficient (Wildman–Crippen LogP) is 0.454. The standard InChI is InChI=1S/C17H29NO8S3/c18-5-1-13(19)23-9-17(10-24-14(20)2-6-27,11-25-15(21)3-7-28)12-26-16(22)4-8-29/h27-29H,1-12,18H2. The van der Waals surface area contributed by atoms with Gasteiger partial charge in [0.05, 0.1) is 25.7 Å². The van der Waals surface area contributed by atoms with Crippen LogP contribution >= 0.6 is 37.9 Å². The summed E-state index contributed by atoms with van der Waals surface area (Å²) in [5.41, 5.74) is 4.06. The molecule has 168 valence electrons. The normalized spacial score (nSPS) is 10.9. The number of nitrogens with two attached hydrogens (primary N) is 1. The highest BCUT2D eigenvalue weighted by Gasteiger charge is 2.37. The van der Waals surface area contributed by atoms with Gasteiger partial charge in [-0.1, -0.05) is 0 Å². The van der Waals surface area contributed by atoms with E-state index in [-0.39, 0.29) is 75.9 Å². The van der Waals surface area contributed by atoms with Crippen molar-refractivity contribution in [1.82, 2.24) is 0 Å². The summed E-state index contributed by atoms with van der Waals surface area (Å²) >= 11 is 11.9. The molecule has 0 rings (SSSR count). The van der Waals surface area contributed by atoms with Crippen molar-refractivity contribution in [3.05, 3.63) is 0 Å². The molecule has 0 saturated heterocycles. The van der Waals surface area contributed by atoms with Gasteiger partial charge in [0.2, 0.25) is 0 Å². The van der Waals surface area contributed by atoms with Crippen LogP contribution in [0.5, 0.6) is 0 Å². The lowest BCUT2D eigenvalue weighted by molar-refractivity contribution is -0.170. The second kappa shape index (κ2) is 16.7. The molecule has 12 heteroatoms. The number of rotatable bonds is 16. The van der Waals surface area contributed by atoms with Gasteiger partial charge in [0.25, 0.3) is 0 Å². The van der Waals surface area contributed by atoms with Crippen LogP contribution < -0.4 is 5.73 Å². The fraction of sp³-hybridized carbons (Fsp3) is 0.765. The zero-order valence-corrected chi connectivity index (χ0v) is 18.9. The molecule has 29 heavy (non-hydrogen) atoms. The molecule has 0 aromatic heterocycles. The summed E-state index contributed by atoms with van der Waals surface area (Å²) in [5.74, 6) is -1.35. The van der Waals surface area contributed by atoms with Crippen LogP contribution in [0.2, 0.25) is 0 Å². The lowest BCUT2D eigenvalue weighted by Gasteiger charge is -2.31. The van der Waals surface area contributed by atoms with Crippen molar-refractivity contribution in [2.45, 2.75) is 25.7 Å². The van der Waals surface area contributed by atoms with Gasteiger partial charge in [-0.25, -0.2) is 0 Å². The van der Waals surface area contributed by atoms with E-state index in [9.17, 15) is 19.2 Å². The first-order chi connectivity index (χ1) is 13.8. The molecule has 0 aliphatic rings. The Hall–Kier alpha value is -1.11. The third-order valence-corrected chi connectivity index (χ3v) is 4.12. The number of hydrogen-bond acceptors (Lipinski definition) is 12. The van der Waals surface area contributed by atoms with Crippen molar-refractivity contribution in [3.8, 4) is 0 Å². The maximum Gasteiger partial charge on any atom is 0.307 e. The first-order valence-electron chi connectivity index (χ1n) is 8.97. The van der Waals surface area contributed by atoms with E-state index in [2.05, 4.69) is 37.9 Å². The average molecular weight is 472 g/mol. The van der Waals surface area contributed by atoms with Crippen molar-refractivity contribution >= 4 is 61.8 Å². The molecule has 0 bridgehead atoms. The fourth-order valence-electron chi connectivity index (χ4n) is 1.86. The van der Waals surface area contributed by atoms with Gasteiger partial charge in [-0.05, 0) is 0 Å². The van der Waals surface area contributed by atoms with Crippen LogP contribution in [0.4, 0.5) is 0 Å². The van der Waals surface area contributed by atoms with E-state index in [1.54, 1.807) is 0 Å². The topological polar surface area (TPSA) is 131 Å². The first-order valence-corrected chi connectivity index (χ1v) is 10.9. The molecule has 2 N–H and O–H groups in total. The van der Waals surface area contributed by atoms with E-state index in [1.807, 2.05) is 0 Å². The number of thiol groups is 3. The smallest absolute Gasteiger partial charge is 0.307 e. The van der Waals surface area contributed by atoms with Crippen LogP contribution in [0.15, 0.2) is 0 Å². The quantitative estimate of drug-likeness (QED) is 0.144. The fourth-order valence-corrected chi connectivity index (χ4v) is 2.41. The van der Waals surface area contributed by atoms with E-state index >= 15 is 0 Å². The Kier molecular flexibility index (Phi) is 16.0. The van der Waals surface area contributed by atoms with E-state index < -0.39 is 29.3 Å². The van der Waals surface area contributed by atoms with E-state index in [4.69, 9.17) is 24.7 Å². The lowest BCUT2D eigenvalue weighted by Crippen LogP contribution is -2.44. The number of carbonyl (C=O) groups is 4. The highest BCUT2D eigenvalue weighted by atomic mass is 32.1. The minimum absolute atomic E-state index is 0.0194. The summed E-state index contributed by atoms with van der Waals surface area (Å²) in [6, 6.07) is 0. The Morgan fingerprint density at radius 2 is 0.862 bits per heavy atom. The highest BCUT2D eigenvalue weighted by Crippen LogP contribution is 2.22. The molecule has 0 saturated carbocycles. The van der Waals surface area contributed by atoms with Gasteiger partial charge in [-0.3, -0.25) is 19.2 Å². The van der Waals surface area contributed by atoms with Crippen molar-refractivity contribution < 1.29 is 38.1 Å². The Labute approximate surface area is 186 Å². The van der Waals surface area contributed by atoms with Crippen LogP contribution in [0, 0.1) is 5.41 Å². The zero-order valence-electron chi connectivity index (χ0n) is 16.2. The van der Waals surface area contributed by atoms with Gasteiger partial charge in [0.15, 0.2) is 0 Å². The molecule has 0 aliphatic heterocycles. The molecule has 0 spiro atoms. The molecular formula is C17H29NO8S3. The Balaban J connectivity index is 5.35. The van der Waals surface area contributed by atoms with Gasteiger partial charge in [0, 0.05) is 23.8 Å². The molecule has 9 nitrogen and oxygen atoms in total. The van der Waals surface area contributed by atoms with Crippen LogP contribution in [0.25, 0.3) is 0 Å². The van der Waals surface area contributed by atoms with Gasteiger partial charge in [-0.15, -0.1) is 0 Å². The average Bonchev–Trinajstić information content (AvgIpc) is 2.68. The number of ether oxygens (including phenoxy) is 4. The zero-order chi connectivity index (χ0) is 22.1. The molecule has 0 amide bonds. The maximum atomic E-state index is 11.8. The summed E-state index contributed by atoms with van der Waals surface area (Å²) in [5, 5.41) is 0. The maximum absolute atomic E-state index is 11.8. The number of carbonyl (C=O) groups excluding carboxylic acids is 4. The Morgan fingerprint density at radius 1 is 0.586 bits per heavy atom.